The topological polar surface area (TPSA) is 67.4 Å². The average Bonchev–Trinajstić information content (AvgIpc) is 2.37. The van der Waals surface area contributed by atoms with E-state index in [1.807, 2.05) is 13.8 Å². The molecule has 0 spiro atoms. The lowest BCUT2D eigenvalue weighted by atomic mass is 10.1. The Hall–Kier alpha value is -2.04. The van der Waals surface area contributed by atoms with E-state index in [4.69, 9.17) is 4.74 Å². The summed E-state index contributed by atoms with van der Waals surface area (Å²) < 4.78 is 5.24. The minimum Gasteiger partial charge on any atom is -0.482 e. The number of hydrogen-bond donors (Lipinski definition) is 2. The van der Waals surface area contributed by atoms with E-state index in [1.165, 1.54) is 0 Å². The highest BCUT2D eigenvalue weighted by atomic mass is 16.5. The van der Waals surface area contributed by atoms with Gasteiger partial charge in [0.1, 0.15) is 5.75 Å². The molecule has 1 heterocycles. The van der Waals surface area contributed by atoms with Crippen LogP contribution in [0.1, 0.15) is 20.3 Å². The molecule has 0 fully saturated rings. The third kappa shape index (κ3) is 2.61. The Labute approximate surface area is 106 Å². The van der Waals surface area contributed by atoms with Crippen molar-refractivity contribution in [2.75, 3.05) is 17.2 Å². The van der Waals surface area contributed by atoms with Gasteiger partial charge in [-0.3, -0.25) is 9.59 Å². The predicted molar refractivity (Wildman–Crippen MR) is 68.7 cm³/mol. The molecule has 0 aromatic heterocycles. The summed E-state index contributed by atoms with van der Waals surface area (Å²) in [5.74, 6) is 0.372. The van der Waals surface area contributed by atoms with E-state index < -0.39 is 0 Å². The number of hydrogen-bond acceptors (Lipinski definition) is 3. The first-order valence-corrected chi connectivity index (χ1v) is 5.97. The van der Waals surface area contributed by atoms with Crippen LogP contribution in [0.25, 0.3) is 0 Å². The second-order valence-electron chi connectivity index (χ2n) is 4.35. The van der Waals surface area contributed by atoms with Crippen molar-refractivity contribution in [2.45, 2.75) is 20.3 Å². The van der Waals surface area contributed by atoms with Gasteiger partial charge >= 0.3 is 0 Å². The second kappa shape index (κ2) is 5.08. The predicted octanol–water partition coefficient (Wildman–Crippen LogP) is 2.00. The molecule has 1 aliphatic heterocycles. The van der Waals surface area contributed by atoms with E-state index in [-0.39, 0.29) is 24.3 Å². The van der Waals surface area contributed by atoms with Crippen LogP contribution in [-0.4, -0.2) is 18.4 Å². The van der Waals surface area contributed by atoms with Gasteiger partial charge < -0.3 is 15.4 Å². The van der Waals surface area contributed by atoms with Crippen LogP contribution >= 0.6 is 0 Å². The molecule has 2 amide bonds. The van der Waals surface area contributed by atoms with Gasteiger partial charge in [0.05, 0.1) is 5.69 Å². The Balaban J connectivity index is 2.13. The van der Waals surface area contributed by atoms with Gasteiger partial charge in [-0.25, -0.2) is 0 Å². The molecular weight excluding hydrogens is 232 g/mol. The van der Waals surface area contributed by atoms with Crippen LogP contribution < -0.4 is 15.4 Å². The maximum absolute atomic E-state index is 11.7. The fourth-order valence-corrected chi connectivity index (χ4v) is 1.61. The monoisotopic (exact) mass is 248 g/mol. The van der Waals surface area contributed by atoms with Crippen LogP contribution in [0, 0.1) is 5.92 Å². The quantitative estimate of drug-likeness (QED) is 0.859. The SMILES string of the molecule is CC[C@@H](C)C(=O)Nc1ccc2c(c1)NC(=O)CO2. The van der Waals surface area contributed by atoms with E-state index in [1.54, 1.807) is 18.2 Å². The molecule has 1 aromatic carbocycles. The minimum atomic E-state index is -0.187. The van der Waals surface area contributed by atoms with Crippen LogP contribution in [0.3, 0.4) is 0 Å². The van der Waals surface area contributed by atoms with Gasteiger partial charge in [0.25, 0.3) is 5.91 Å². The Morgan fingerprint density at radius 2 is 2.33 bits per heavy atom. The van der Waals surface area contributed by atoms with Crippen LogP contribution in [0.5, 0.6) is 5.75 Å². The Morgan fingerprint density at radius 1 is 1.56 bits per heavy atom. The highest BCUT2D eigenvalue weighted by molar-refractivity contribution is 5.97. The fourth-order valence-electron chi connectivity index (χ4n) is 1.61. The summed E-state index contributed by atoms with van der Waals surface area (Å²) >= 11 is 0. The van der Waals surface area contributed by atoms with Crippen molar-refractivity contribution < 1.29 is 14.3 Å². The van der Waals surface area contributed by atoms with Crippen LogP contribution in [0.2, 0.25) is 0 Å². The molecule has 1 aliphatic rings. The number of amides is 2. The Kier molecular flexibility index (Phi) is 3.50. The maximum atomic E-state index is 11.7. The summed E-state index contributed by atoms with van der Waals surface area (Å²) in [5, 5.41) is 5.51. The molecular formula is C13H16N2O3. The van der Waals surface area contributed by atoms with Gasteiger partial charge in [-0.05, 0) is 24.6 Å². The van der Waals surface area contributed by atoms with Gasteiger partial charge in [0, 0.05) is 11.6 Å². The molecule has 1 atom stereocenters. The summed E-state index contributed by atoms with van der Waals surface area (Å²) in [5.41, 5.74) is 1.25. The lowest BCUT2D eigenvalue weighted by Crippen LogP contribution is -2.25. The van der Waals surface area contributed by atoms with Gasteiger partial charge in [0.15, 0.2) is 6.61 Å². The van der Waals surface area contributed by atoms with Crippen LogP contribution in [0.4, 0.5) is 11.4 Å². The zero-order valence-corrected chi connectivity index (χ0v) is 10.4. The van der Waals surface area contributed by atoms with Crippen LogP contribution in [0.15, 0.2) is 18.2 Å². The van der Waals surface area contributed by atoms with Crippen LogP contribution in [-0.2, 0) is 9.59 Å². The number of fused-ring (bicyclic) bond motifs is 1. The molecule has 0 saturated carbocycles. The lowest BCUT2D eigenvalue weighted by molar-refractivity contribution is -0.119. The van der Waals surface area contributed by atoms with E-state index in [2.05, 4.69) is 10.6 Å². The van der Waals surface area contributed by atoms with Crippen molar-refractivity contribution in [3.8, 4) is 5.75 Å². The van der Waals surface area contributed by atoms with Gasteiger partial charge in [0.2, 0.25) is 5.91 Å². The second-order valence-corrected chi connectivity index (χ2v) is 4.35. The smallest absolute Gasteiger partial charge is 0.262 e. The molecule has 2 N–H and O–H groups in total. The van der Waals surface area contributed by atoms with E-state index in [9.17, 15) is 9.59 Å². The van der Waals surface area contributed by atoms with E-state index >= 15 is 0 Å². The molecule has 5 nitrogen and oxygen atoms in total. The highest BCUT2D eigenvalue weighted by Crippen LogP contribution is 2.30. The Bertz CT molecular complexity index is 485. The highest BCUT2D eigenvalue weighted by Gasteiger charge is 2.17. The number of carbonyl (C=O) groups is 2. The summed E-state index contributed by atoms with van der Waals surface area (Å²) in [6.45, 7) is 3.87. The number of ether oxygens (including phenoxy) is 1. The van der Waals surface area contributed by atoms with E-state index in [0.29, 0.717) is 17.1 Å². The third-order valence-corrected chi connectivity index (χ3v) is 2.94. The molecule has 0 bridgehead atoms. The number of nitrogens with one attached hydrogen (secondary N) is 2. The minimum absolute atomic E-state index is 0.0273. The summed E-state index contributed by atoms with van der Waals surface area (Å²) in [6, 6.07) is 5.20. The standard InChI is InChI=1S/C13H16N2O3/c1-3-8(2)13(17)14-9-4-5-11-10(6-9)15-12(16)7-18-11/h4-6,8H,3,7H2,1-2H3,(H,14,17)(H,15,16)/t8-/m1/s1. The zero-order chi connectivity index (χ0) is 13.1. The van der Waals surface area contributed by atoms with Crippen molar-refractivity contribution in [3.63, 3.8) is 0 Å². The molecule has 1 aromatic rings. The fraction of sp³-hybridized carbons (Fsp3) is 0.385. The van der Waals surface area contributed by atoms with Gasteiger partial charge in [-0.15, -0.1) is 0 Å². The maximum Gasteiger partial charge on any atom is 0.262 e. The largest absolute Gasteiger partial charge is 0.482 e. The Morgan fingerprint density at radius 3 is 3.06 bits per heavy atom. The van der Waals surface area contributed by atoms with Gasteiger partial charge in [-0.1, -0.05) is 13.8 Å². The summed E-state index contributed by atoms with van der Waals surface area (Å²) in [6.07, 6.45) is 0.788. The molecule has 18 heavy (non-hydrogen) atoms. The van der Waals surface area contributed by atoms with Gasteiger partial charge in [-0.2, -0.15) is 0 Å². The first kappa shape index (κ1) is 12.4. The van der Waals surface area contributed by atoms with Crippen molar-refractivity contribution >= 4 is 23.2 Å². The molecule has 2 rings (SSSR count). The molecule has 0 radical (unpaired) electrons. The third-order valence-electron chi connectivity index (χ3n) is 2.94. The normalized spacial score (nSPS) is 15.1. The first-order chi connectivity index (χ1) is 8.60. The molecule has 5 heteroatoms. The van der Waals surface area contributed by atoms with E-state index in [0.717, 1.165) is 6.42 Å². The number of benzene rings is 1. The first-order valence-electron chi connectivity index (χ1n) is 5.97. The van der Waals surface area contributed by atoms with Crippen molar-refractivity contribution in [2.24, 2.45) is 5.92 Å². The van der Waals surface area contributed by atoms with Crippen molar-refractivity contribution in [3.05, 3.63) is 18.2 Å². The number of anilines is 2. The van der Waals surface area contributed by atoms with Crippen molar-refractivity contribution in [1.29, 1.82) is 0 Å². The summed E-state index contributed by atoms with van der Waals surface area (Å²) in [7, 11) is 0. The summed E-state index contributed by atoms with van der Waals surface area (Å²) in [4.78, 5) is 22.9. The number of rotatable bonds is 3. The molecule has 0 aliphatic carbocycles. The molecule has 0 unspecified atom stereocenters. The zero-order valence-electron chi connectivity index (χ0n) is 10.4. The molecule has 96 valence electrons. The number of carbonyl (C=O) groups excluding carboxylic acids is 2. The lowest BCUT2D eigenvalue weighted by Gasteiger charge is -2.19. The van der Waals surface area contributed by atoms with Crippen molar-refractivity contribution in [1.82, 2.24) is 0 Å². The molecule has 0 saturated heterocycles. The average molecular weight is 248 g/mol.